The monoisotopic (exact) mass is 409 g/mol. The van der Waals surface area contributed by atoms with Gasteiger partial charge in [-0.3, -0.25) is 14.9 Å². The first-order valence-corrected chi connectivity index (χ1v) is 9.47. The Hall–Kier alpha value is -3.66. The number of nitrogens with zero attached hydrogens (tertiary/aromatic N) is 3. The number of imidazole rings is 1. The third kappa shape index (κ3) is 4.11. The van der Waals surface area contributed by atoms with E-state index >= 15 is 0 Å². The van der Waals surface area contributed by atoms with Crippen molar-refractivity contribution >= 4 is 40.2 Å². The SMILES string of the molecule is Cc1cc(NC(=O)[C@@H](Sc2nc3ccc([N+](=O)[O-])cc3[nH]2)c2ccccc2)no1. The van der Waals surface area contributed by atoms with Gasteiger partial charge in [0.05, 0.1) is 16.0 Å². The minimum atomic E-state index is -0.622. The number of carbonyl (C=O) groups excluding carboxylic acids is 1. The molecule has 29 heavy (non-hydrogen) atoms. The Bertz CT molecular complexity index is 1190. The highest BCUT2D eigenvalue weighted by Gasteiger charge is 2.25. The molecule has 0 saturated carbocycles. The summed E-state index contributed by atoms with van der Waals surface area (Å²) in [4.78, 5) is 30.9. The number of hydrogen-bond acceptors (Lipinski definition) is 7. The highest BCUT2D eigenvalue weighted by Crippen LogP contribution is 2.36. The lowest BCUT2D eigenvalue weighted by molar-refractivity contribution is -0.384. The molecule has 0 fully saturated rings. The van der Waals surface area contributed by atoms with E-state index in [0.29, 0.717) is 27.8 Å². The summed E-state index contributed by atoms with van der Waals surface area (Å²) >= 11 is 1.21. The van der Waals surface area contributed by atoms with Crippen LogP contribution in [0, 0.1) is 17.0 Å². The predicted molar refractivity (Wildman–Crippen MR) is 108 cm³/mol. The van der Waals surface area contributed by atoms with Crippen LogP contribution in [0.15, 0.2) is 64.3 Å². The molecule has 9 nitrogen and oxygen atoms in total. The second-order valence-corrected chi connectivity index (χ2v) is 7.31. The van der Waals surface area contributed by atoms with Gasteiger partial charge in [0.15, 0.2) is 11.0 Å². The van der Waals surface area contributed by atoms with Crippen molar-refractivity contribution in [2.75, 3.05) is 5.32 Å². The Morgan fingerprint density at radius 3 is 2.72 bits per heavy atom. The molecule has 0 radical (unpaired) electrons. The minimum absolute atomic E-state index is 0.0311. The lowest BCUT2D eigenvalue weighted by Gasteiger charge is -2.14. The minimum Gasteiger partial charge on any atom is -0.360 e. The van der Waals surface area contributed by atoms with E-state index < -0.39 is 10.2 Å². The van der Waals surface area contributed by atoms with E-state index in [4.69, 9.17) is 4.52 Å². The van der Waals surface area contributed by atoms with E-state index in [1.165, 1.54) is 23.9 Å². The van der Waals surface area contributed by atoms with Crippen LogP contribution in [0.3, 0.4) is 0 Å². The molecule has 0 saturated heterocycles. The number of amides is 1. The lowest BCUT2D eigenvalue weighted by Crippen LogP contribution is -2.19. The Labute approximate surface area is 168 Å². The number of carbonyl (C=O) groups is 1. The largest absolute Gasteiger partial charge is 0.360 e. The molecule has 1 atom stereocenters. The number of benzene rings is 2. The molecule has 0 aliphatic carbocycles. The topological polar surface area (TPSA) is 127 Å². The van der Waals surface area contributed by atoms with Crippen LogP contribution in [-0.2, 0) is 4.79 Å². The third-order valence-corrected chi connectivity index (χ3v) is 5.24. The van der Waals surface area contributed by atoms with Crippen molar-refractivity contribution in [1.29, 1.82) is 0 Å². The van der Waals surface area contributed by atoms with Gasteiger partial charge in [-0.1, -0.05) is 47.3 Å². The number of nitro benzene ring substituents is 1. The van der Waals surface area contributed by atoms with Gasteiger partial charge >= 0.3 is 0 Å². The molecule has 2 heterocycles. The van der Waals surface area contributed by atoms with E-state index in [0.717, 1.165) is 5.56 Å². The lowest BCUT2D eigenvalue weighted by atomic mass is 10.1. The van der Waals surface area contributed by atoms with Gasteiger partial charge in [-0.2, -0.15) is 0 Å². The van der Waals surface area contributed by atoms with Crippen LogP contribution in [0.4, 0.5) is 11.5 Å². The second-order valence-electron chi connectivity index (χ2n) is 6.22. The van der Waals surface area contributed by atoms with Gasteiger partial charge in [-0.15, -0.1) is 0 Å². The molecule has 0 bridgehead atoms. The second kappa shape index (κ2) is 7.76. The summed E-state index contributed by atoms with van der Waals surface area (Å²) < 4.78 is 4.99. The van der Waals surface area contributed by atoms with E-state index in [2.05, 4.69) is 20.4 Å². The number of rotatable bonds is 6. The van der Waals surface area contributed by atoms with Crippen LogP contribution in [0.25, 0.3) is 11.0 Å². The number of nitro groups is 1. The van der Waals surface area contributed by atoms with Crippen LogP contribution in [0.1, 0.15) is 16.6 Å². The van der Waals surface area contributed by atoms with Crippen molar-refractivity contribution in [1.82, 2.24) is 15.1 Å². The van der Waals surface area contributed by atoms with Crippen molar-refractivity contribution in [2.24, 2.45) is 0 Å². The number of H-pyrrole nitrogens is 1. The van der Waals surface area contributed by atoms with Crippen LogP contribution >= 0.6 is 11.8 Å². The number of aromatic amines is 1. The van der Waals surface area contributed by atoms with Gasteiger partial charge in [0.2, 0.25) is 5.91 Å². The molecule has 0 aliphatic heterocycles. The Morgan fingerprint density at radius 1 is 1.24 bits per heavy atom. The maximum absolute atomic E-state index is 12.9. The van der Waals surface area contributed by atoms with Gasteiger partial charge in [0.1, 0.15) is 11.0 Å². The van der Waals surface area contributed by atoms with Crippen molar-refractivity contribution in [2.45, 2.75) is 17.3 Å². The maximum atomic E-state index is 12.9. The first-order valence-electron chi connectivity index (χ1n) is 8.59. The van der Waals surface area contributed by atoms with E-state index in [-0.39, 0.29) is 11.6 Å². The number of aromatic nitrogens is 3. The molecule has 0 spiro atoms. The summed E-state index contributed by atoms with van der Waals surface area (Å²) in [5, 5.41) is 17.4. The molecule has 4 rings (SSSR count). The molecule has 2 aromatic carbocycles. The van der Waals surface area contributed by atoms with Crippen LogP contribution in [0.2, 0.25) is 0 Å². The molecule has 146 valence electrons. The molecule has 0 aliphatic rings. The van der Waals surface area contributed by atoms with Crippen LogP contribution < -0.4 is 5.32 Å². The number of fused-ring (bicyclic) bond motifs is 1. The number of nitrogens with one attached hydrogen (secondary N) is 2. The molecule has 1 amide bonds. The number of hydrogen-bond donors (Lipinski definition) is 2. The molecular weight excluding hydrogens is 394 g/mol. The molecule has 10 heteroatoms. The Balaban J connectivity index is 1.63. The zero-order chi connectivity index (χ0) is 20.4. The zero-order valence-corrected chi connectivity index (χ0v) is 16.0. The van der Waals surface area contributed by atoms with Gasteiger partial charge < -0.3 is 14.8 Å². The van der Waals surface area contributed by atoms with Crippen LogP contribution in [0.5, 0.6) is 0 Å². The Kier molecular flexibility index (Phi) is 5.00. The van der Waals surface area contributed by atoms with Crippen molar-refractivity contribution in [3.05, 3.63) is 76.0 Å². The fraction of sp³-hybridized carbons (Fsp3) is 0.105. The Morgan fingerprint density at radius 2 is 2.03 bits per heavy atom. The average Bonchev–Trinajstić information content (AvgIpc) is 3.31. The van der Waals surface area contributed by atoms with Gasteiger partial charge in [-0.05, 0) is 18.6 Å². The van der Waals surface area contributed by atoms with Gasteiger partial charge in [0, 0.05) is 18.2 Å². The maximum Gasteiger partial charge on any atom is 0.271 e. The van der Waals surface area contributed by atoms with Gasteiger partial charge in [-0.25, -0.2) is 4.98 Å². The normalized spacial score (nSPS) is 12.0. The number of anilines is 1. The van der Waals surface area contributed by atoms with E-state index in [9.17, 15) is 14.9 Å². The molecule has 4 aromatic rings. The quantitative estimate of drug-likeness (QED) is 0.277. The molecule has 2 N–H and O–H groups in total. The third-order valence-electron chi connectivity index (χ3n) is 4.10. The first kappa shape index (κ1) is 18.7. The highest BCUT2D eigenvalue weighted by molar-refractivity contribution is 8.00. The van der Waals surface area contributed by atoms with Crippen molar-refractivity contribution in [3.8, 4) is 0 Å². The van der Waals surface area contributed by atoms with Crippen LogP contribution in [-0.4, -0.2) is 26.0 Å². The summed E-state index contributed by atoms with van der Waals surface area (Å²) in [6, 6.07) is 15.3. The highest BCUT2D eigenvalue weighted by atomic mass is 32.2. The first-order chi connectivity index (χ1) is 14.0. The fourth-order valence-electron chi connectivity index (χ4n) is 2.77. The van der Waals surface area contributed by atoms with Crippen molar-refractivity contribution in [3.63, 3.8) is 0 Å². The zero-order valence-electron chi connectivity index (χ0n) is 15.2. The standard InChI is InChI=1S/C19H15N5O4S/c1-11-9-16(23-28-11)22-18(25)17(12-5-3-2-4-6-12)29-19-20-14-8-7-13(24(26)27)10-15(14)21-19/h2-10,17H,1H3,(H,20,21)(H,22,23,25)/t17-/m0/s1. The van der Waals surface area contributed by atoms with Crippen molar-refractivity contribution < 1.29 is 14.2 Å². The number of thioether (sulfide) groups is 1. The molecule has 0 unspecified atom stereocenters. The number of aryl methyl sites for hydroxylation is 1. The number of non-ortho nitro benzene ring substituents is 1. The van der Waals surface area contributed by atoms with E-state index in [1.54, 1.807) is 19.1 Å². The molecule has 2 aromatic heterocycles. The van der Waals surface area contributed by atoms with Gasteiger partial charge in [0.25, 0.3) is 5.69 Å². The summed E-state index contributed by atoms with van der Waals surface area (Å²) in [5.41, 5.74) is 1.86. The van der Waals surface area contributed by atoms with E-state index in [1.807, 2.05) is 30.3 Å². The summed E-state index contributed by atoms with van der Waals surface area (Å²) in [6.07, 6.45) is 0. The predicted octanol–water partition coefficient (Wildman–Crippen LogP) is 4.24. The smallest absolute Gasteiger partial charge is 0.271 e. The summed E-state index contributed by atoms with van der Waals surface area (Å²) in [6.45, 7) is 1.74. The summed E-state index contributed by atoms with van der Waals surface area (Å²) in [5.74, 6) is 0.623. The average molecular weight is 409 g/mol. The summed E-state index contributed by atoms with van der Waals surface area (Å²) in [7, 11) is 0. The fourth-order valence-corrected chi connectivity index (χ4v) is 3.78. The molecular formula is C19H15N5O4S.